The molecule has 0 spiro atoms. The maximum absolute atomic E-state index is 13.4. The van der Waals surface area contributed by atoms with Gasteiger partial charge in [0.1, 0.15) is 5.82 Å². The number of hydrogen-bond acceptors (Lipinski definition) is 2. The number of benzene rings is 1. The summed E-state index contributed by atoms with van der Waals surface area (Å²) in [7, 11) is 3.53. The molecule has 0 aromatic heterocycles. The largest absolute Gasteiger partial charge is 0.384 e. The van der Waals surface area contributed by atoms with Crippen molar-refractivity contribution in [1.29, 1.82) is 0 Å². The van der Waals surface area contributed by atoms with E-state index in [9.17, 15) is 9.50 Å². The summed E-state index contributed by atoms with van der Waals surface area (Å²) in [6.45, 7) is 3.44. The lowest BCUT2D eigenvalue weighted by molar-refractivity contribution is 0.228. The zero-order valence-corrected chi connectivity index (χ0v) is 8.37. The fraction of sp³-hybridized carbons (Fsp3) is 0.273. The van der Waals surface area contributed by atoms with E-state index in [0.717, 1.165) is 0 Å². The first kappa shape index (κ1) is 10.7. The van der Waals surface area contributed by atoms with Gasteiger partial charge in [0.2, 0.25) is 0 Å². The molecule has 0 saturated heterocycles. The average Bonchev–Trinajstić information content (AvgIpc) is 2.15. The van der Waals surface area contributed by atoms with Gasteiger partial charge in [0.25, 0.3) is 0 Å². The summed E-state index contributed by atoms with van der Waals surface area (Å²) in [6, 6.07) is 4.64. The summed E-state index contributed by atoms with van der Waals surface area (Å²) in [5.74, 6) is -0.339. The molecule has 1 N–H and O–H groups in total. The van der Waals surface area contributed by atoms with Crippen molar-refractivity contribution in [2.75, 3.05) is 19.0 Å². The second-order valence-corrected chi connectivity index (χ2v) is 3.29. The highest BCUT2D eigenvalue weighted by Gasteiger charge is 2.08. The van der Waals surface area contributed by atoms with Crippen molar-refractivity contribution in [3.8, 4) is 0 Å². The quantitative estimate of drug-likeness (QED) is 0.747. The van der Waals surface area contributed by atoms with E-state index in [1.54, 1.807) is 31.1 Å². The summed E-state index contributed by atoms with van der Waals surface area (Å²) in [5.41, 5.74) is 1.02. The van der Waals surface area contributed by atoms with Gasteiger partial charge in [0, 0.05) is 14.1 Å². The molecule has 0 saturated carbocycles. The Balaban J connectivity index is 3.06. The van der Waals surface area contributed by atoms with E-state index >= 15 is 0 Å². The highest BCUT2D eigenvalue weighted by Crippen LogP contribution is 2.22. The number of nitrogens with zero attached hydrogens (tertiary/aromatic N) is 1. The highest BCUT2D eigenvalue weighted by atomic mass is 19.1. The molecule has 0 heterocycles. The molecule has 0 amide bonds. The van der Waals surface area contributed by atoms with E-state index in [0.29, 0.717) is 11.3 Å². The topological polar surface area (TPSA) is 23.5 Å². The van der Waals surface area contributed by atoms with Gasteiger partial charge in [0.05, 0.1) is 11.8 Å². The van der Waals surface area contributed by atoms with E-state index in [1.165, 1.54) is 12.1 Å². The smallest absolute Gasteiger partial charge is 0.146 e. The molecule has 2 nitrogen and oxygen atoms in total. The molecule has 3 heteroatoms. The van der Waals surface area contributed by atoms with Crippen molar-refractivity contribution in [3.63, 3.8) is 0 Å². The number of aliphatic hydroxyl groups is 1. The van der Waals surface area contributed by atoms with Gasteiger partial charge < -0.3 is 10.0 Å². The molecular weight excluding hydrogens is 181 g/mol. The van der Waals surface area contributed by atoms with Crippen LogP contribution in [0, 0.1) is 5.82 Å². The summed E-state index contributed by atoms with van der Waals surface area (Å²) in [6.07, 6.45) is 0.560. The van der Waals surface area contributed by atoms with Crippen LogP contribution in [0.15, 0.2) is 30.9 Å². The van der Waals surface area contributed by atoms with Crippen LogP contribution in [0.1, 0.15) is 11.7 Å². The molecule has 0 aliphatic rings. The van der Waals surface area contributed by atoms with Gasteiger partial charge in [-0.25, -0.2) is 4.39 Å². The van der Waals surface area contributed by atoms with E-state index in [-0.39, 0.29) is 5.82 Å². The molecule has 0 aliphatic heterocycles. The number of rotatable bonds is 3. The lowest BCUT2D eigenvalue weighted by atomic mass is 10.1. The van der Waals surface area contributed by atoms with Gasteiger partial charge >= 0.3 is 0 Å². The molecular formula is C11H14FNO. The van der Waals surface area contributed by atoms with Crippen molar-refractivity contribution in [3.05, 3.63) is 42.2 Å². The maximum atomic E-state index is 13.4. The molecule has 14 heavy (non-hydrogen) atoms. The SMILES string of the molecule is C=CC(O)c1ccc(N(C)C)c(F)c1. The fourth-order valence-electron chi connectivity index (χ4n) is 1.21. The lowest BCUT2D eigenvalue weighted by Gasteiger charge is -2.15. The predicted octanol–water partition coefficient (Wildman–Crippen LogP) is 2.11. The molecule has 1 atom stereocenters. The first-order valence-corrected chi connectivity index (χ1v) is 4.33. The highest BCUT2D eigenvalue weighted by molar-refractivity contribution is 5.48. The van der Waals surface area contributed by atoms with Crippen LogP contribution >= 0.6 is 0 Å². The van der Waals surface area contributed by atoms with Crippen LogP contribution in [0.2, 0.25) is 0 Å². The Morgan fingerprint density at radius 3 is 2.57 bits per heavy atom. The third-order valence-corrected chi connectivity index (χ3v) is 2.02. The van der Waals surface area contributed by atoms with Gasteiger partial charge in [-0.2, -0.15) is 0 Å². The van der Waals surface area contributed by atoms with Crippen LogP contribution in [0.25, 0.3) is 0 Å². The van der Waals surface area contributed by atoms with Crippen LogP contribution in [0.5, 0.6) is 0 Å². The first-order valence-electron chi connectivity index (χ1n) is 4.33. The van der Waals surface area contributed by atoms with Gasteiger partial charge in [-0.15, -0.1) is 6.58 Å². The third kappa shape index (κ3) is 2.12. The number of hydrogen-bond donors (Lipinski definition) is 1. The Kier molecular flexibility index (Phi) is 3.25. The monoisotopic (exact) mass is 195 g/mol. The molecule has 0 radical (unpaired) electrons. The second-order valence-electron chi connectivity index (χ2n) is 3.29. The molecule has 1 unspecified atom stereocenters. The molecule has 0 aliphatic carbocycles. The molecule has 0 fully saturated rings. The Morgan fingerprint density at radius 1 is 1.50 bits per heavy atom. The summed E-state index contributed by atoms with van der Waals surface area (Å²) >= 11 is 0. The van der Waals surface area contributed by atoms with Gasteiger partial charge in [-0.05, 0) is 17.7 Å². The normalized spacial score (nSPS) is 12.3. The summed E-state index contributed by atoms with van der Waals surface area (Å²) in [5, 5.41) is 9.38. The Labute approximate surface area is 83.3 Å². The second kappa shape index (κ2) is 4.24. The van der Waals surface area contributed by atoms with Crippen LogP contribution in [-0.4, -0.2) is 19.2 Å². The van der Waals surface area contributed by atoms with Crippen molar-refractivity contribution in [1.82, 2.24) is 0 Å². The molecule has 1 rings (SSSR count). The Bertz CT molecular complexity index is 336. The molecule has 1 aromatic carbocycles. The summed E-state index contributed by atoms with van der Waals surface area (Å²) < 4.78 is 13.4. The molecule has 76 valence electrons. The van der Waals surface area contributed by atoms with Crippen LogP contribution in [-0.2, 0) is 0 Å². The van der Waals surface area contributed by atoms with Gasteiger partial charge in [-0.1, -0.05) is 12.1 Å². The van der Waals surface area contributed by atoms with Crippen molar-refractivity contribution >= 4 is 5.69 Å². The Morgan fingerprint density at radius 2 is 2.14 bits per heavy atom. The van der Waals surface area contributed by atoms with Gasteiger partial charge in [-0.3, -0.25) is 0 Å². The third-order valence-electron chi connectivity index (χ3n) is 2.02. The zero-order chi connectivity index (χ0) is 10.7. The number of anilines is 1. The van der Waals surface area contributed by atoms with Crippen molar-refractivity contribution < 1.29 is 9.50 Å². The summed E-state index contributed by atoms with van der Waals surface area (Å²) in [4.78, 5) is 1.68. The van der Waals surface area contributed by atoms with Crippen LogP contribution in [0.4, 0.5) is 10.1 Å². The van der Waals surface area contributed by atoms with E-state index in [1.807, 2.05) is 0 Å². The van der Waals surface area contributed by atoms with Crippen LogP contribution in [0.3, 0.4) is 0 Å². The van der Waals surface area contributed by atoms with Gasteiger partial charge in [0.15, 0.2) is 0 Å². The van der Waals surface area contributed by atoms with Crippen molar-refractivity contribution in [2.24, 2.45) is 0 Å². The van der Waals surface area contributed by atoms with E-state index in [2.05, 4.69) is 6.58 Å². The zero-order valence-electron chi connectivity index (χ0n) is 8.37. The molecule has 1 aromatic rings. The minimum atomic E-state index is -0.805. The maximum Gasteiger partial charge on any atom is 0.146 e. The lowest BCUT2D eigenvalue weighted by Crippen LogP contribution is -2.11. The minimum Gasteiger partial charge on any atom is -0.384 e. The number of aliphatic hydroxyl groups excluding tert-OH is 1. The Hall–Kier alpha value is -1.35. The first-order chi connectivity index (χ1) is 6.56. The van der Waals surface area contributed by atoms with E-state index in [4.69, 9.17) is 0 Å². The van der Waals surface area contributed by atoms with Crippen molar-refractivity contribution in [2.45, 2.75) is 6.10 Å². The van der Waals surface area contributed by atoms with E-state index < -0.39 is 6.10 Å². The minimum absolute atomic E-state index is 0.339. The average molecular weight is 195 g/mol. The van der Waals surface area contributed by atoms with Crippen LogP contribution < -0.4 is 4.90 Å². The standard InChI is InChI=1S/C11H14FNO/c1-4-11(14)8-5-6-10(13(2)3)9(12)7-8/h4-7,11,14H,1H2,2-3H3. The predicted molar refractivity (Wildman–Crippen MR) is 55.9 cm³/mol. The fourth-order valence-corrected chi connectivity index (χ4v) is 1.21. The molecule has 0 bridgehead atoms. The number of halogens is 1.